The van der Waals surface area contributed by atoms with Gasteiger partial charge in [-0.3, -0.25) is 9.59 Å². The Balaban J connectivity index is 4.78. The van der Waals surface area contributed by atoms with E-state index in [1.54, 1.807) is 0 Å². The number of carbonyl (C=O) groups excluding carboxylic acids is 2. The average molecular weight is 876 g/mol. The molecule has 0 saturated heterocycles. The summed E-state index contributed by atoms with van der Waals surface area (Å²) < 4.78 is 5.86. The van der Waals surface area contributed by atoms with Crippen molar-refractivity contribution in [2.24, 2.45) is 0 Å². The number of amides is 1. The molecule has 63 heavy (non-hydrogen) atoms. The number of carbonyl (C=O) groups is 2. The van der Waals surface area contributed by atoms with Gasteiger partial charge in [-0.05, 0) is 83.5 Å². The molecule has 0 aliphatic rings. The molecule has 0 fully saturated rings. The monoisotopic (exact) mass is 876 g/mol. The summed E-state index contributed by atoms with van der Waals surface area (Å²) in [5.41, 5.74) is 0. The van der Waals surface area contributed by atoms with Gasteiger partial charge in [0.15, 0.2) is 0 Å². The minimum absolute atomic E-state index is 0.00930. The highest BCUT2D eigenvalue weighted by atomic mass is 16.5. The molecule has 360 valence electrons. The fraction of sp³-hybridized carbons (Fsp3) is 0.684. The molecule has 0 aliphatic heterocycles. The Hall–Kier alpha value is -3.22. The standard InChI is InChI=1S/C57H97NO5/c1-4-7-10-13-16-19-22-24-26-27-28-29-30-32-35-38-41-44-47-50-57(62)63-53(48-45-42-39-36-34-31-25-23-20-17-14-11-8-5-2)51-56(61)58-54(52-59)55(60)49-46-43-40-37-33-21-18-15-12-9-6-3/h7,10,16,19,24,26,28-29,31-32,34-36,39,41,44,53-55,59-60H,4-6,8-9,11-15,17-18,20-23,25,27,30,33,37-38,40,42-43,45-52H2,1-3H3,(H,58,61)/b10-7-,19-16-,26-24-,29-28-,34-31+,35-32-,39-36+,44-41-. The summed E-state index contributed by atoms with van der Waals surface area (Å²) in [6.07, 6.45) is 66.2. The van der Waals surface area contributed by atoms with Gasteiger partial charge in [0, 0.05) is 6.42 Å². The first kappa shape index (κ1) is 59.8. The smallest absolute Gasteiger partial charge is 0.306 e. The Morgan fingerprint density at radius 3 is 1.40 bits per heavy atom. The third kappa shape index (κ3) is 45.2. The van der Waals surface area contributed by atoms with Gasteiger partial charge in [-0.15, -0.1) is 0 Å². The molecule has 6 heteroatoms. The van der Waals surface area contributed by atoms with Gasteiger partial charge >= 0.3 is 5.97 Å². The fourth-order valence-electron chi connectivity index (χ4n) is 7.28. The molecule has 6 nitrogen and oxygen atoms in total. The molecule has 0 aliphatic carbocycles. The van der Waals surface area contributed by atoms with E-state index in [0.29, 0.717) is 19.3 Å². The molecule has 0 bridgehead atoms. The Labute approximate surface area is 388 Å². The van der Waals surface area contributed by atoms with E-state index < -0.39 is 18.2 Å². The second kappa shape index (κ2) is 49.8. The topological polar surface area (TPSA) is 95.9 Å². The normalized spacial score (nSPS) is 14.0. The van der Waals surface area contributed by atoms with Crippen LogP contribution in [0.15, 0.2) is 97.2 Å². The highest BCUT2D eigenvalue weighted by Crippen LogP contribution is 2.16. The molecule has 0 aromatic rings. The summed E-state index contributed by atoms with van der Waals surface area (Å²) in [5.74, 6) is -0.628. The van der Waals surface area contributed by atoms with Gasteiger partial charge in [0.25, 0.3) is 0 Å². The number of rotatable bonds is 45. The maximum Gasteiger partial charge on any atom is 0.306 e. The van der Waals surface area contributed by atoms with E-state index in [0.717, 1.165) is 77.0 Å². The highest BCUT2D eigenvalue weighted by molar-refractivity contribution is 5.77. The maximum absolute atomic E-state index is 13.2. The summed E-state index contributed by atoms with van der Waals surface area (Å²) in [6.45, 7) is 6.32. The van der Waals surface area contributed by atoms with Gasteiger partial charge in [0.05, 0.1) is 25.2 Å². The molecule has 0 heterocycles. The van der Waals surface area contributed by atoms with Crippen molar-refractivity contribution < 1.29 is 24.5 Å². The van der Waals surface area contributed by atoms with Crippen LogP contribution in [-0.4, -0.2) is 46.9 Å². The first-order valence-electron chi connectivity index (χ1n) is 26.0. The van der Waals surface area contributed by atoms with Crippen molar-refractivity contribution in [3.05, 3.63) is 97.2 Å². The van der Waals surface area contributed by atoms with Gasteiger partial charge in [-0.25, -0.2) is 0 Å². The summed E-state index contributed by atoms with van der Waals surface area (Å²) in [5, 5.41) is 23.7. The summed E-state index contributed by atoms with van der Waals surface area (Å²) in [6, 6.07) is -0.735. The quantitative estimate of drug-likeness (QED) is 0.0245. The lowest BCUT2D eigenvalue weighted by molar-refractivity contribution is -0.150. The number of hydrogen-bond donors (Lipinski definition) is 3. The Bertz CT molecular complexity index is 1260. The van der Waals surface area contributed by atoms with E-state index in [1.807, 2.05) is 6.08 Å². The predicted molar refractivity (Wildman–Crippen MR) is 273 cm³/mol. The number of esters is 1. The molecule has 0 rings (SSSR count). The third-order valence-electron chi connectivity index (χ3n) is 11.2. The van der Waals surface area contributed by atoms with Crippen LogP contribution in [0.1, 0.15) is 226 Å². The zero-order chi connectivity index (χ0) is 45.9. The largest absolute Gasteiger partial charge is 0.462 e. The molecular formula is C57H97NO5. The van der Waals surface area contributed by atoms with E-state index >= 15 is 0 Å². The number of aliphatic hydroxyl groups is 2. The van der Waals surface area contributed by atoms with Crippen LogP contribution < -0.4 is 5.32 Å². The fourth-order valence-corrected chi connectivity index (χ4v) is 7.28. The van der Waals surface area contributed by atoms with Crippen LogP contribution in [0.5, 0.6) is 0 Å². The van der Waals surface area contributed by atoms with Gasteiger partial charge in [-0.1, -0.05) is 227 Å². The van der Waals surface area contributed by atoms with Crippen molar-refractivity contribution in [2.75, 3.05) is 6.61 Å². The second-order valence-electron chi connectivity index (χ2n) is 17.2. The molecule has 0 aromatic heterocycles. The molecule has 1 amide bonds. The van der Waals surface area contributed by atoms with Gasteiger partial charge in [-0.2, -0.15) is 0 Å². The van der Waals surface area contributed by atoms with Crippen LogP contribution in [-0.2, 0) is 14.3 Å². The van der Waals surface area contributed by atoms with Crippen LogP contribution in [0.2, 0.25) is 0 Å². The van der Waals surface area contributed by atoms with Gasteiger partial charge < -0.3 is 20.3 Å². The molecule has 0 radical (unpaired) electrons. The van der Waals surface area contributed by atoms with Crippen LogP contribution in [0.4, 0.5) is 0 Å². The summed E-state index contributed by atoms with van der Waals surface area (Å²) in [7, 11) is 0. The van der Waals surface area contributed by atoms with Crippen molar-refractivity contribution in [3.63, 3.8) is 0 Å². The van der Waals surface area contributed by atoms with E-state index in [-0.39, 0.29) is 31.3 Å². The van der Waals surface area contributed by atoms with Crippen LogP contribution in [0.25, 0.3) is 0 Å². The van der Waals surface area contributed by atoms with Crippen LogP contribution in [0.3, 0.4) is 0 Å². The van der Waals surface area contributed by atoms with Crippen molar-refractivity contribution in [1.29, 1.82) is 0 Å². The van der Waals surface area contributed by atoms with Crippen LogP contribution >= 0.6 is 0 Å². The lowest BCUT2D eigenvalue weighted by Gasteiger charge is -2.24. The number of hydrogen-bond acceptors (Lipinski definition) is 5. The number of aliphatic hydroxyl groups excluding tert-OH is 2. The van der Waals surface area contributed by atoms with Crippen molar-refractivity contribution in [2.45, 2.75) is 244 Å². The van der Waals surface area contributed by atoms with E-state index in [1.165, 1.54) is 96.3 Å². The lowest BCUT2D eigenvalue weighted by Crippen LogP contribution is -2.46. The van der Waals surface area contributed by atoms with E-state index in [9.17, 15) is 19.8 Å². The minimum atomic E-state index is -0.816. The SMILES string of the molecule is CC/C=C\C/C=C\C/C=C\C/C=C\C/C=C\C/C=C\CCC(=O)OC(CCC/C=C/C=C/CCCCCCCCC)CC(=O)NC(CO)C(O)CCCCCCCCCCCCC. The first-order chi connectivity index (χ1) is 31.0. The Morgan fingerprint density at radius 1 is 0.492 bits per heavy atom. The molecule has 0 aromatic carbocycles. The molecule has 3 atom stereocenters. The second-order valence-corrected chi connectivity index (χ2v) is 17.2. The van der Waals surface area contributed by atoms with E-state index in [4.69, 9.17) is 4.74 Å². The van der Waals surface area contributed by atoms with Gasteiger partial charge in [0.1, 0.15) is 6.10 Å². The highest BCUT2D eigenvalue weighted by Gasteiger charge is 2.23. The van der Waals surface area contributed by atoms with Crippen molar-refractivity contribution in [3.8, 4) is 0 Å². The van der Waals surface area contributed by atoms with Gasteiger partial charge in [0.2, 0.25) is 5.91 Å². The number of unbranched alkanes of at least 4 members (excludes halogenated alkanes) is 18. The zero-order valence-corrected chi connectivity index (χ0v) is 40.9. The minimum Gasteiger partial charge on any atom is -0.462 e. The molecule has 3 unspecified atom stereocenters. The van der Waals surface area contributed by atoms with Crippen molar-refractivity contribution >= 4 is 11.9 Å². The number of nitrogens with one attached hydrogen (secondary N) is 1. The predicted octanol–water partition coefficient (Wildman–Crippen LogP) is 15.7. The summed E-state index contributed by atoms with van der Waals surface area (Å²) >= 11 is 0. The Morgan fingerprint density at radius 2 is 0.921 bits per heavy atom. The average Bonchev–Trinajstić information content (AvgIpc) is 3.28. The third-order valence-corrected chi connectivity index (χ3v) is 11.2. The van der Waals surface area contributed by atoms with Crippen molar-refractivity contribution in [1.82, 2.24) is 5.32 Å². The molecule has 3 N–H and O–H groups in total. The Kier molecular flexibility index (Phi) is 47.2. The first-order valence-corrected chi connectivity index (χ1v) is 26.0. The molecule has 0 spiro atoms. The summed E-state index contributed by atoms with van der Waals surface area (Å²) in [4.78, 5) is 26.1. The maximum atomic E-state index is 13.2. The zero-order valence-electron chi connectivity index (χ0n) is 40.9. The van der Waals surface area contributed by atoms with Crippen LogP contribution in [0, 0.1) is 0 Å². The lowest BCUT2D eigenvalue weighted by atomic mass is 10.0. The molecular weight excluding hydrogens is 779 g/mol. The van der Waals surface area contributed by atoms with E-state index in [2.05, 4.69) is 117 Å². The molecule has 0 saturated carbocycles. The number of ether oxygens (including phenoxy) is 1. The number of allylic oxidation sites excluding steroid dienone is 16.